The number of anilines is 1. The maximum Gasteiger partial charge on any atom is 0.265 e. The minimum Gasteiger partial charge on any atom is -0.482 e. The summed E-state index contributed by atoms with van der Waals surface area (Å²) in [5.41, 5.74) is 0.721. The van der Waals surface area contributed by atoms with Gasteiger partial charge >= 0.3 is 0 Å². The van der Waals surface area contributed by atoms with Gasteiger partial charge < -0.3 is 24.4 Å². The van der Waals surface area contributed by atoms with Crippen molar-refractivity contribution in [3.63, 3.8) is 0 Å². The molecule has 8 nitrogen and oxygen atoms in total. The van der Waals surface area contributed by atoms with Gasteiger partial charge in [0.2, 0.25) is 5.91 Å². The number of halogens is 2. The Kier molecular flexibility index (Phi) is 8.62. The third-order valence-electron chi connectivity index (χ3n) is 4.89. The number of methoxy groups -OCH3 is 1. The molecule has 0 bridgehead atoms. The lowest BCUT2D eigenvalue weighted by atomic mass is 10.1. The van der Waals surface area contributed by atoms with Gasteiger partial charge in [-0.25, -0.2) is 4.39 Å². The topological polar surface area (TPSA) is 94.2 Å². The second-order valence-corrected chi connectivity index (χ2v) is 7.69. The minimum atomic E-state index is -0.669. The first kappa shape index (κ1) is 24.5. The smallest absolute Gasteiger partial charge is 0.265 e. The zero-order chi connectivity index (χ0) is 23.8. The molecule has 0 saturated carbocycles. The fourth-order valence-corrected chi connectivity index (χ4v) is 3.38. The number of benzene rings is 2. The molecular weight excluding hydrogens is 455 g/mol. The second-order valence-electron chi connectivity index (χ2n) is 7.25. The number of fused-ring (bicyclic) bond motifs is 1. The summed E-state index contributed by atoms with van der Waals surface area (Å²) in [6.07, 6.45) is 0.671. The molecule has 0 fully saturated rings. The molecule has 1 heterocycles. The quantitative estimate of drug-likeness (QED) is 0.394. The van der Waals surface area contributed by atoms with Gasteiger partial charge in [0.25, 0.3) is 5.91 Å². The van der Waals surface area contributed by atoms with E-state index in [1.54, 1.807) is 19.2 Å². The lowest BCUT2D eigenvalue weighted by Crippen LogP contribution is -2.40. The molecule has 10 heteroatoms. The molecule has 0 atom stereocenters. The van der Waals surface area contributed by atoms with E-state index in [0.29, 0.717) is 31.0 Å². The average Bonchev–Trinajstić information content (AvgIpc) is 2.79. The van der Waals surface area contributed by atoms with Crippen molar-refractivity contribution >= 4 is 34.9 Å². The van der Waals surface area contributed by atoms with Gasteiger partial charge in [-0.1, -0.05) is 11.6 Å². The first-order valence-corrected chi connectivity index (χ1v) is 10.7. The molecule has 2 aromatic rings. The third kappa shape index (κ3) is 6.66. The zero-order valence-electron chi connectivity index (χ0n) is 18.1. The summed E-state index contributed by atoms with van der Waals surface area (Å²) in [7, 11) is 1.55. The van der Waals surface area contributed by atoms with Crippen molar-refractivity contribution < 1.29 is 33.0 Å². The minimum absolute atomic E-state index is 0.0883. The first-order valence-electron chi connectivity index (χ1n) is 10.3. The van der Waals surface area contributed by atoms with Crippen LogP contribution in [-0.4, -0.2) is 57.6 Å². The molecule has 0 unspecified atom stereocenters. The summed E-state index contributed by atoms with van der Waals surface area (Å²) in [6.45, 7) is 0.610. The van der Waals surface area contributed by atoms with Crippen LogP contribution in [0.2, 0.25) is 5.02 Å². The highest BCUT2D eigenvalue weighted by Crippen LogP contribution is 2.33. The number of ether oxygens (including phenoxy) is 3. The number of rotatable bonds is 11. The number of carbonyl (C=O) groups is 3. The third-order valence-corrected chi connectivity index (χ3v) is 5.13. The fraction of sp³-hybridized carbons (Fsp3) is 0.348. The number of hydrogen-bond donors (Lipinski definition) is 1. The lowest BCUT2D eigenvalue weighted by molar-refractivity contribution is -0.123. The Morgan fingerprint density at radius 1 is 1.24 bits per heavy atom. The van der Waals surface area contributed by atoms with Gasteiger partial charge in [-0.3, -0.25) is 14.4 Å². The highest BCUT2D eigenvalue weighted by atomic mass is 35.5. The predicted octanol–water partition coefficient (Wildman–Crippen LogP) is 3.01. The number of carbonyl (C=O) groups excluding carboxylic acids is 3. The molecular formula is C23H24ClFN2O6. The van der Waals surface area contributed by atoms with Crippen molar-refractivity contribution in [2.75, 3.05) is 44.9 Å². The van der Waals surface area contributed by atoms with Crippen molar-refractivity contribution in [1.29, 1.82) is 0 Å². The van der Waals surface area contributed by atoms with E-state index in [9.17, 15) is 18.8 Å². The van der Waals surface area contributed by atoms with E-state index in [4.69, 9.17) is 25.8 Å². The second kappa shape index (κ2) is 11.6. The summed E-state index contributed by atoms with van der Waals surface area (Å²) in [6, 6.07) is 8.59. The molecule has 2 amide bonds. The molecule has 0 aliphatic carbocycles. The molecule has 1 N–H and O–H groups in total. The van der Waals surface area contributed by atoms with Crippen LogP contribution in [0.15, 0.2) is 36.4 Å². The average molecular weight is 479 g/mol. The van der Waals surface area contributed by atoms with E-state index >= 15 is 0 Å². The van der Waals surface area contributed by atoms with Crippen LogP contribution < -0.4 is 19.7 Å². The van der Waals surface area contributed by atoms with Crippen LogP contribution in [0, 0.1) is 5.82 Å². The largest absolute Gasteiger partial charge is 0.482 e. The zero-order valence-corrected chi connectivity index (χ0v) is 18.8. The number of amides is 2. The van der Waals surface area contributed by atoms with Crippen LogP contribution in [0.1, 0.15) is 23.2 Å². The van der Waals surface area contributed by atoms with Crippen LogP contribution in [0.4, 0.5) is 10.1 Å². The van der Waals surface area contributed by atoms with E-state index in [0.717, 1.165) is 6.07 Å². The van der Waals surface area contributed by atoms with Crippen molar-refractivity contribution in [2.24, 2.45) is 0 Å². The summed E-state index contributed by atoms with van der Waals surface area (Å²) in [4.78, 5) is 38.4. The Morgan fingerprint density at radius 3 is 2.82 bits per heavy atom. The highest BCUT2D eigenvalue weighted by molar-refractivity contribution is 6.30. The van der Waals surface area contributed by atoms with Gasteiger partial charge in [0.15, 0.2) is 30.6 Å². The monoisotopic (exact) mass is 478 g/mol. The molecule has 1 aliphatic rings. The van der Waals surface area contributed by atoms with Gasteiger partial charge in [-0.05, 0) is 42.8 Å². The van der Waals surface area contributed by atoms with Crippen LogP contribution >= 0.6 is 11.6 Å². The standard InChI is InChI=1S/C23H24ClFN2O6/c1-31-10-8-26-22(29)3-2-9-27-18-11-15(4-6-21(18)33-14-23(27)30)19(28)13-32-20-7-5-16(24)12-17(20)25/h4-7,11-12H,2-3,8-10,13-14H2,1H3,(H,26,29). The Hall–Kier alpha value is -3.17. The van der Waals surface area contributed by atoms with Gasteiger partial charge in [0.05, 0.1) is 12.3 Å². The number of ketones is 1. The Morgan fingerprint density at radius 2 is 2.06 bits per heavy atom. The van der Waals surface area contributed by atoms with E-state index in [1.807, 2.05) is 0 Å². The van der Waals surface area contributed by atoms with Crippen LogP contribution in [-0.2, 0) is 14.3 Å². The number of nitrogens with one attached hydrogen (secondary N) is 1. The highest BCUT2D eigenvalue weighted by Gasteiger charge is 2.26. The lowest BCUT2D eigenvalue weighted by Gasteiger charge is -2.29. The molecule has 33 heavy (non-hydrogen) atoms. The molecule has 3 rings (SSSR count). The Bertz CT molecular complexity index is 1030. The van der Waals surface area contributed by atoms with E-state index < -0.39 is 18.2 Å². The van der Waals surface area contributed by atoms with Crippen LogP contribution in [0.3, 0.4) is 0 Å². The van der Waals surface area contributed by atoms with Crippen LogP contribution in [0.25, 0.3) is 0 Å². The van der Waals surface area contributed by atoms with Gasteiger partial charge in [0, 0.05) is 37.2 Å². The molecule has 2 aromatic carbocycles. The van der Waals surface area contributed by atoms with E-state index in [2.05, 4.69) is 5.32 Å². The molecule has 0 aromatic heterocycles. The normalized spacial score (nSPS) is 12.7. The fourth-order valence-electron chi connectivity index (χ4n) is 3.22. The summed E-state index contributed by atoms with van der Waals surface area (Å²) in [5.74, 6) is -1.11. The van der Waals surface area contributed by atoms with Gasteiger partial charge in [-0.2, -0.15) is 0 Å². The maximum absolute atomic E-state index is 13.9. The van der Waals surface area contributed by atoms with Crippen molar-refractivity contribution in [1.82, 2.24) is 5.32 Å². The van der Waals surface area contributed by atoms with Gasteiger partial charge in [0.1, 0.15) is 5.75 Å². The Balaban J connectivity index is 1.63. The maximum atomic E-state index is 13.9. The summed E-state index contributed by atoms with van der Waals surface area (Å²) < 4.78 is 29.5. The summed E-state index contributed by atoms with van der Waals surface area (Å²) in [5, 5.41) is 2.95. The predicted molar refractivity (Wildman–Crippen MR) is 120 cm³/mol. The van der Waals surface area contributed by atoms with E-state index in [-0.39, 0.29) is 47.7 Å². The SMILES string of the molecule is COCCNC(=O)CCCN1C(=O)COc2ccc(C(=O)COc3ccc(Cl)cc3F)cc21. The van der Waals surface area contributed by atoms with Crippen molar-refractivity contribution in [2.45, 2.75) is 12.8 Å². The molecule has 1 aliphatic heterocycles. The first-order chi connectivity index (χ1) is 15.9. The molecule has 176 valence electrons. The number of nitrogens with zero attached hydrogens (tertiary/aromatic N) is 1. The van der Waals surface area contributed by atoms with Crippen molar-refractivity contribution in [3.8, 4) is 11.5 Å². The van der Waals surface area contributed by atoms with Crippen molar-refractivity contribution in [3.05, 3.63) is 52.8 Å². The summed E-state index contributed by atoms with van der Waals surface area (Å²) >= 11 is 5.72. The number of hydrogen-bond acceptors (Lipinski definition) is 6. The van der Waals surface area contributed by atoms with Crippen LogP contribution in [0.5, 0.6) is 11.5 Å². The Labute approximate surface area is 195 Å². The van der Waals surface area contributed by atoms with E-state index in [1.165, 1.54) is 23.1 Å². The molecule has 0 spiro atoms. The molecule has 0 saturated heterocycles. The number of Topliss-reactive ketones (excluding diaryl/α,β-unsaturated/α-hetero) is 1. The van der Waals surface area contributed by atoms with Gasteiger partial charge in [-0.15, -0.1) is 0 Å². The molecule has 0 radical (unpaired) electrons.